The van der Waals surface area contributed by atoms with Crippen LogP contribution in [0.15, 0.2) is 18.2 Å². The van der Waals surface area contributed by atoms with Gasteiger partial charge in [0.05, 0.1) is 12.3 Å². The van der Waals surface area contributed by atoms with E-state index in [1.165, 1.54) is 0 Å². The second-order valence-corrected chi connectivity index (χ2v) is 5.06. The van der Waals surface area contributed by atoms with Gasteiger partial charge in [-0.15, -0.1) is 0 Å². The molecule has 1 atom stereocenters. The molecular weight excluding hydrogens is 242 g/mol. The number of rotatable bonds is 7. The van der Waals surface area contributed by atoms with Crippen LogP contribution in [0.3, 0.4) is 0 Å². The molecular formula is C11H17NO4S. The molecule has 0 saturated carbocycles. The zero-order valence-corrected chi connectivity index (χ0v) is 10.5. The smallest absolute Gasteiger partial charge is 0.121 e. The quantitative estimate of drug-likeness (QED) is 0.505. The number of aliphatic hydroxyl groups excluding tert-OH is 1. The summed E-state index contributed by atoms with van der Waals surface area (Å²) in [5.41, 5.74) is 3.36. The first kappa shape index (κ1) is 14.0. The molecule has 0 aromatic heterocycles. The highest BCUT2D eigenvalue weighted by Crippen LogP contribution is 2.21. The third-order valence-electron chi connectivity index (χ3n) is 2.04. The first-order valence-electron chi connectivity index (χ1n) is 5.23. The van der Waals surface area contributed by atoms with Gasteiger partial charge >= 0.3 is 0 Å². The summed E-state index contributed by atoms with van der Waals surface area (Å²) in [6.45, 7) is 0.476. The third kappa shape index (κ3) is 5.16. The van der Waals surface area contributed by atoms with Crippen molar-refractivity contribution in [3.63, 3.8) is 0 Å². The monoisotopic (exact) mass is 259 g/mol. The molecule has 96 valence electrons. The predicted octanol–water partition coefficient (Wildman–Crippen LogP) is 1.13. The SMILES string of the molecule is CS(=O)Cc1cc(NO)cc(OCCCO)c1. The van der Waals surface area contributed by atoms with E-state index in [9.17, 15) is 4.21 Å². The van der Waals surface area contributed by atoms with Gasteiger partial charge in [-0.25, -0.2) is 0 Å². The normalized spacial score (nSPS) is 12.2. The van der Waals surface area contributed by atoms with Crippen LogP contribution in [0.25, 0.3) is 0 Å². The van der Waals surface area contributed by atoms with E-state index < -0.39 is 10.8 Å². The number of hydrogen-bond acceptors (Lipinski definition) is 5. The molecule has 5 nitrogen and oxygen atoms in total. The Bertz CT molecular complexity index is 384. The van der Waals surface area contributed by atoms with Crippen LogP contribution in [-0.4, -0.2) is 34.0 Å². The van der Waals surface area contributed by atoms with Gasteiger partial charge in [0.1, 0.15) is 5.75 Å². The second-order valence-electron chi connectivity index (χ2n) is 3.62. The summed E-state index contributed by atoms with van der Waals surface area (Å²) in [7, 11) is -0.947. The number of benzene rings is 1. The van der Waals surface area contributed by atoms with E-state index >= 15 is 0 Å². The van der Waals surface area contributed by atoms with Crippen molar-refractivity contribution in [1.29, 1.82) is 0 Å². The van der Waals surface area contributed by atoms with Gasteiger partial charge in [0.25, 0.3) is 0 Å². The molecule has 0 saturated heterocycles. The van der Waals surface area contributed by atoms with Crippen molar-refractivity contribution >= 4 is 16.5 Å². The summed E-state index contributed by atoms with van der Waals surface area (Å²) in [4.78, 5) is 0. The van der Waals surface area contributed by atoms with E-state index in [1.54, 1.807) is 24.5 Å². The molecule has 17 heavy (non-hydrogen) atoms. The van der Waals surface area contributed by atoms with E-state index in [0.29, 0.717) is 30.2 Å². The minimum absolute atomic E-state index is 0.0732. The Morgan fingerprint density at radius 2 is 2.18 bits per heavy atom. The molecule has 1 aromatic carbocycles. The number of anilines is 1. The highest BCUT2D eigenvalue weighted by Gasteiger charge is 2.03. The molecule has 0 spiro atoms. The minimum atomic E-state index is -0.947. The number of ether oxygens (including phenoxy) is 1. The summed E-state index contributed by atoms with van der Waals surface area (Å²) < 4.78 is 16.5. The van der Waals surface area contributed by atoms with Gasteiger partial charge < -0.3 is 9.84 Å². The summed E-state index contributed by atoms with van der Waals surface area (Å²) >= 11 is 0. The third-order valence-corrected chi connectivity index (χ3v) is 2.78. The standard InChI is InChI=1S/C11H17NO4S/c1-17(15)8-9-5-10(12-14)7-11(6-9)16-4-2-3-13/h5-7,12-14H,2-4,8H2,1H3. The largest absolute Gasteiger partial charge is 0.493 e. The molecule has 0 amide bonds. The molecule has 0 heterocycles. The Morgan fingerprint density at radius 1 is 1.41 bits per heavy atom. The first-order chi connectivity index (χ1) is 8.15. The molecule has 3 N–H and O–H groups in total. The highest BCUT2D eigenvalue weighted by atomic mass is 32.2. The average molecular weight is 259 g/mol. The Morgan fingerprint density at radius 3 is 2.76 bits per heavy atom. The summed E-state index contributed by atoms with van der Waals surface area (Å²) in [5.74, 6) is 0.990. The van der Waals surface area contributed by atoms with Crippen LogP contribution < -0.4 is 10.2 Å². The van der Waals surface area contributed by atoms with Crippen molar-refractivity contribution in [2.75, 3.05) is 24.9 Å². The van der Waals surface area contributed by atoms with Gasteiger partial charge in [0.2, 0.25) is 0 Å². The van der Waals surface area contributed by atoms with Crippen molar-refractivity contribution < 1.29 is 19.3 Å². The van der Waals surface area contributed by atoms with E-state index in [-0.39, 0.29) is 6.61 Å². The van der Waals surface area contributed by atoms with Crippen molar-refractivity contribution in [2.45, 2.75) is 12.2 Å². The highest BCUT2D eigenvalue weighted by molar-refractivity contribution is 7.83. The fourth-order valence-corrected chi connectivity index (χ4v) is 2.02. The van der Waals surface area contributed by atoms with E-state index in [1.807, 2.05) is 5.48 Å². The van der Waals surface area contributed by atoms with Crippen LogP contribution in [0.4, 0.5) is 5.69 Å². The molecule has 1 aromatic rings. The Labute approximate surface area is 103 Å². The molecule has 0 aliphatic heterocycles. The maximum absolute atomic E-state index is 11.1. The van der Waals surface area contributed by atoms with Crippen LogP contribution in [0.1, 0.15) is 12.0 Å². The van der Waals surface area contributed by atoms with Gasteiger partial charge in [0.15, 0.2) is 0 Å². The fourth-order valence-electron chi connectivity index (χ4n) is 1.38. The predicted molar refractivity (Wildman–Crippen MR) is 66.8 cm³/mol. The Kier molecular flexibility index (Phi) is 5.96. The maximum Gasteiger partial charge on any atom is 0.121 e. The Balaban J connectivity index is 2.77. The van der Waals surface area contributed by atoms with Crippen LogP contribution in [-0.2, 0) is 16.6 Å². The molecule has 0 aliphatic carbocycles. The Hall–Kier alpha value is -1.11. The summed E-state index contributed by atoms with van der Waals surface area (Å²) in [6, 6.07) is 5.12. The molecule has 0 aliphatic rings. The van der Waals surface area contributed by atoms with Gasteiger partial charge in [-0.2, -0.15) is 0 Å². The number of aliphatic hydroxyl groups is 1. The molecule has 0 radical (unpaired) electrons. The van der Waals surface area contributed by atoms with Gasteiger partial charge in [-0.3, -0.25) is 14.9 Å². The molecule has 1 rings (SSSR count). The van der Waals surface area contributed by atoms with Crippen LogP contribution in [0.2, 0.25) is 0 Å². The lowest BCUT2D eigenvalue weighted by molar-refractivity contribution is 0.233. The topological polar surface area (TPSA) is 78.8 Å². The van der Waals surface area contributed by atoms with Crippen molar-refractivity contribution in [3.8, 4) is 5.75 Å². The van der Waals surface area contributed by atoms with Crippen LogP contribution >= 0.6 is 0 Å². The van der Waals surface area contributed by atoms with Gasteiger partial charge in [-0.1, -0.05) is 0 Å². The van der Waals surface area contributed by atoms with Crippen LogP contribution in [0.5, 0.6) is 5.75 Å². The van der Waals surface area contributed by atoms with Crippen molar-refractivity contribution in [1.82, 2.24) is 0 Å². The number of hydrogen-bond donors (Lipinski definition) is 3. The lowest BCUT2D eigenvalue weighted by atomic mass is 10.2. The maximum atomic E-state index is 11.1. The van der Waals surface area contributed by atoms with Gasteiger partial charge in [-0.05, 0) is 17.7 Å². The van der Waals surface area contributed by atoms with Crippen LogP contribution in [0, 0.1) is 0 Å². The first-order valence-corrected chi connectivity index (χ1v) is 6.96. The number of nitrogens with one attached hydrogen (secondary N) is 1. The zero-order chi connectivity index (χ0) is 12.7. The molecule has 0 bridgehead atoms. The van der Waals surface area contributed by atoms with E-state index in [0.717, 1.165) is 5.56 Å². The summed E-state index contributed by atoms with van der Waals surface area (Å²) in [5, 5.41) is 17.5. The van der Waals surface area contributed by atoms with Crippen molar-refractivity contribution in [3.05, 3.63) is 23.8 Å². The van der Waals surface area contributed by atoms with E-state index in [4.69, 9.17) is 15.1 Å². The second kappa shape index (κ2) is 7.26. The lowest BCUT2D eigenvalue weighted by Crippen LogP contribution is -2.02. The molecule has 0 fully saturated rings. The molecule has 6 heteroatoms. The summed E-state index contributed by atoms with van der Waals surface area (Å²) in [6.07, 6.45) is 2.16. The minimum Gasteiger partial charge on any atom is -0.493 e. The fraction of sp³-hybridized carbons (Fsp3) is 0.455. The zero-order valence-electron chi connectivity index (χ0n) is 9.68. The lowest BCUT2D eigenvalue weighted by Gasteiger charge is -2.09. The van der Waals surface area contributed by atoms with E-state index in [2.05, 4.69) is 0 Å². The molecule has 1 unspecified atom stereocenters. The average Bonchev–Trinajstić information content (AvgIpc) is 2.28. The van der Waals surface area contributed by atoms with Crippen molar-refractivity contribution in [2.24, 2.45) is 0 Å². The van der Waals surface area contributed by atoms with Gasteiger partial charge in [0, 0.05) is 41.9 Å².